The predicted octanol–water partition coefficient (Wildman–Crippen LogP) is 2.40. The van der Waals surface area contributed by atoms with Crippen LogP contribution in [0.2, 0.25) is 0 Å². The summed E-state index contributed by atoms with van der Waals surface area (Å²) in [7, 11) is 0. The van der Waals surface area contributed by atoms with Gasteiger partial charge < -0.3 is 10.4 Å². The minimum Gasteiger partial charge on any atom is -0.394 e. The van der Waals surface area contributed by atoms with Crippen molar-refractivity contribution in [1.82, 2.24) is 5.32 Å². The second-order valence-electron chi connectivity index (χ2n) is 5.37. The van der Waals surface area contributed by atoms with Crippen molar-refractivity contribution in [2.75, 3.05) is 6.61 Å². The molecule has 0 aromatic carbocycles. The van der Waals surface area contributed by atoms with Crippen LogP contribution in [0.4, 0.5) is 0 Å². The highest BCUT2D eigenvalue weighted by atomic mass is 16.3. The summed E-state index contributed by atoms with van der Waals surface area (Å²) in [5.41, 5.74) is 0.367. The van der Waals surface area contributed by atoms with Crippen LogP contribution in [0.5, 0.6) is 0 Å². The molecule has 0 aliphatic heterocycles. The molecule has 2 N–H and O–H groups in total. The van der Waals surface area contributed by atoms with Crippen LogP contribution in [-0.2, 0) is 4.79 Å². The summed E-state index contributed by atoms with van der Waals surface area (Å²) >= 11 is 0. The van der Waals surface area contributed by atoms with Gasteiger partial charge in [-0.05, 0) is 44.9 Å². The molecule has 0 radical (unpaired) electrons. The quantitative estimate of drug-likeness (QED) is 0.740. The Labute approximate surface area is 104 Å². The van der Waals surface area contributed by atoms with Gasteiger partial charge >= 0.3 is 0 Å². The zero-order valence-electron chi connectivity index (χ0n) is 11.3. The lowest BCUT2D eigenvalue weighted by Crippen LogP contribution is -2.53. The fraction of sp³-hybridized carbons (Fsp3) is 0.786. The maximum atomic E-state index is 12.0. The van der Waals surface area contributed by atoms with E-state index >= 15 is 0 Å². The summed E-state index contributed by atoms with van der Waals surface area (Å²) < 4.78 is 0. The molecule has 0 saturated heterocycles. The van der Waals surface area contributed by atoms with Crippen LogP contribution in [0.1, 0.15) is 52.9 Å². The van der Waals surface area contributed by atoms with Gasteiger partial charge in [0.05, 0.1) is 12.1 Å². The fourth-order valence-corrected chi connectivity index (χ4v) is 2.38. The van der Waals surface area contributed by atoms with E-state index in [2.05, 4.69) is 12.2 Å². The number of allylic oxidation sites excluding steroid dienone is 1. The molecule has 0 heterocycles. The van der Waals surface area contributed by atoms with E-state index in [1.54, 1.807) is 0 Å². The summed E-state index contributed by atoms with van der Waals surface area (Å²) in [4.78, 5) is 12.0. The number of amides is 1. The molecule has 1 rings (SSSR count). The summed E-state index contributed by atoms with van der Waals surface area (Å²) in [6.07, 6.45) is 6.72. The Morgan fingerprint density at radius 2 is 2.06 bits per heavy atom. The summed E-state index contributed by atoms with van der Waals surface area (Å²) in [6.45, 7) is 6.12. The average molecular weight is 239 g/mol. The van der Waals surface area contributed by atoms with Crippen molar-refractivity contribution in [2.24, 2.45) is 5.92 Å². The first kappa shape index (κ1) is 14.2. The molecule has 0 atom stereocenters. The third-order valence-electron chi connectivity index (χ3n) is 3.78. The van der Waals surface area contributed by atoms with Gasteiger partial charge in [0.25, 0.3) is 0 Å². The van der Waals surface area contributed by atoms with Gasteiger partial charge in [0.1, 0.15) is 0 Å². The Bertz CT molecular complexity index is 289. The zero-order valence-corrected chi connectivity index (χ0v) is 11.3. The number of nitrogens with one attached hydrogen (secondary N) is 1. The number of rotatable bonds is 4. The Balaban J connectivity index is 2.63. The molecule has 1 saturated carbocycles. The SMILES string of the molecule is CC/C=C(/C)C(=O)NC1(CO)CCC(C)CC1. The Kier molecular flexibility index (Phi) is 5.19. The summed E-state index contributed by atoms with van der Waals surface area (Å²) in [5.74, 6) is 0.675. The molecule has 0 unspecified atom stereocenters. The standard InChI is InChI=1S/C14H25NO2/c1-4-5-12(3)13(17)15-14(10-16)8-6-11(2)7-9-14/h5,11,16H,4,6-10H2,1-3H3,(H,15,17)/b12-5-. The largest absolute Gasteiger partial charge is 0.394 e. The molecule has 98 valence electrons. The lowest BCUT2D eigenvalue weighted by Gasteiger charge is -2.38. The van der Waals surface area contributed by atoms with Gasteiger partial charge in [0.2, 0.25) is 5.91 Å². The number of carbonyl (C=O) groups is 1. The first-order valence-corrected chi connectivity index (χ1v) is 6.63. The van der Waals surface area contributed by atoms with Gasteiger partial charge in [-0.15, -0.1) is 0 Å². The van der Waals surface area contributed by atoms with E-state index in [0.29, 0.717) is 5.92 Å². The molecular formula is C14H25NO2. The van der Waals surface area contributed by atoms with E-state index in [1.165, 1.54) is 0 Å². The van der Waals surface area contributed by atoms with E-state index in [1.807, 2.05) is 19.9 Å². The first-order chi connectivity index (χ1) is 8.03. The van der Waals surface area contributed by atoms with Gasteiger partial charge in [-0.1, -0.05) is 19.9 Å². The smallest absolute Gasteiger partial charge is 0.247 e. The van der Waals surface area contributed by atoms with Gasteiger partial charge in [0, 0.05) is 5.57 Å². The van der Waals surface area contributed by atoms with Gasteiger partial charge in [0.15, 0.2) is 0 Å². The van der Waals surface area contributed by atoms with Crippen LogP contribution in [0.3, 0.4) is 0 Å². The van der Waals surface area contributed by atoms with E-state index in [0.717, 1.165) is 37.7 Å². The number of hydrogen-bond donors (Lipinski definition) is 2. The van der Waals surface area contributed by atoms with Crippen LogP contribution < -0.4 is 5.32 Å². The Morgan fingerprint density at radius 3 is 2.53 bits per heavy atom. The molecule has 1 amide bonds. The molecule has 3 nitrogen and oxygen atoms in total. The topological polar surface area (TPSA) is 49.3 Å². The van der Waals surface area contributed by atoms with Crippen LogP contribution in [0.25, 0.3) is 0 Å². The monoisotopic (exact) mass is 239 g/mol. The molecule has 0 bridgehead atoms. The second-order valence-corrected chi connectivity index (χ2v) is 5.37. The number of aliphatic hydroxyl groups excluding tert-OH is 1. The predicted molar refractivity (Wildman–Crippen MR) is 69.6 cm³/mol. The Morgan fingerprint density at radius 1 is 1.47 bits per heavy atom. The average Bonchev–Trinajstić information content (AvgIpc) is 2.33. The van der Waals surface area contributed by atoms with E-state index < -0.39 is 0 Å². The van der Waals surface area contributed by atoms with Crippen LogP contribution in [0.15, 0.2) is 11.6 Å². The molecular weight excluding hydrogens is 214 g/mol. The normalized spacial score (nSPS) is 30.1. The number of hydrogen-bond acceptors (Lipinski definition) is 2. The van der Waals surface area contributed by atoms with Gasteiger partial charge in [-0.25, -0.2) is 0 Å². The summed E-state index contributed by atoms with van der Waals surface area (Å²) in [5, 5.41) is 12.6. The molecule has 0 aromatic heterocycles. The minimum absolute atomic E-state index is 0.0320. The molecule has 1 aliphatic carbocycles. The highest BCUT2D eigenvalue weighted by molar-refractivity contribution is 5.93. The van der Waals surface area contributed by atoms with Crippen molar-refractivity contribution in [3.05, 3.63) is 11.6 Å². The molecule has 0 aromatic rings. The van der Waals surface area contributed by atoms with Crippen LogP contribution >= 0.6 is 0 Å². The molecule has 1 aliphatic rings. The van der Waals surface area contributed by atoms with Crippen molar-refractivity contribution in [1.29, 1.82) is 0 Å². The lowest BCUT2D eigenvalue weighted by atomic mass is 9.77. The molecule has 1 fully saturated rings. The van der Waals surface area contributed by atoms with E-state index in [9.17, 15) is 9.90 Å². The third-order valence-corrected chi connectivity index (χ3v) is 3.78. The van der Waals surface area contributed by atoms with Crippen LogP contribution in [-0.4, -0.2) is 23.2 Å². The van der Waals surface area contributed by atoms with Crippen LogP contribution in [0, 0.1) is 5.92 Å². The highest BCUT2D eigenvalue weighted by Gasteiger charge is 2.35. The zero-order chi connectivity index (χ0) is 12.9. The second kappa shape index (κ2) is 6.20. The third kappa shape index (κ3) is 3.84. The first-order valence-electron chi connectivity index (χ1n) is 6.63. The molecule has 0 spiro atoms. The Hall–Kier alpha value is -0.830. The number of carbonyl (C=O) groups excluding carboxylic acids is 1. The van der Waals surface area contributed by atoms with E-state index in [4.69, 9.17) is 0 Å². The molecule has 17 heavy (non-hydrogen) atoms. The molecule has 3 heteroatoms. The van der Waals surface area contributed by atoms with Crippen molar-refractivity contribution in [2.45, 2.75) is 58.4 Å². The van der Waals surface area contributed by atoms with E-state index in [-0.39, 0.29) is 18.1 Å². The number of aliphatic hydroxyl groups is 1. The maximum absolute atomic E-state index is 12.0. The highest BCUT2D eigenvalue weighted by Crippen LogP contribution is 2.31. The summed E-state index contributed by atoms with van der Waals surface area (Å²) in [6, 6.07) is 0. The van der Waals surface area contributed by atoms with Crippen molar-refractivity contribution < 1.29 is 9.90 Å². The maximum Gasteiger partial charge on any atom is 0.247 e. The van der Waals surface area contributed by atoms with Gasteiger partial charge in [-0.2, -0.15) is 0 Å². The van der Waals surface area contributed by atoms with Crippen molar-refractivity contribution >= 4 is 5.91 Å². The van der Waals surface area contributed by atoms with Gasteiger partial charge in [-0.3, -0.25) is 4.79 Å². The minimum atomic E-state index is -0.383. The lowest BCUT2D eigenvalue weighted by molar-refractivity contribution is -0.120. The fourth-order valence-electron chi connectivity index (χ4n) is 2.38. The van der Waals surface area contributed by atoms with Crippen molar-refractivity contribution in [3.63, 3.8) is 0 Å². The van der Waals surface area contributed by atoms with Crippen molar-refractivity contribution in [3.8, 4) is 0 Å².